The molecule has 0 radical (unpaired) electrons. The summed E-state index contributed by atoms with van der Waals surface area (Å²) in [6.45, 7) is 0.644. The van der Waals surface area contributed by atoms with Crippen molar-refractivity contribution in [2.24, 2.45) is 0 Å². The largest absolute Gasteiger partial charge is 0.494 e. The molecular weight excluding hydrogens is 371 g/mol. The first-order chi connectivity index (χ1) is 11.7. The van der Waals surface area contributed by atoms with Crippen molar-refractivity contribution >= 4 is 37.9 Å². The van der Waals surface area contributed by atoms with E-state index in [1.807, 2.05) is 24.3 Å². The van der Waals surface area contributed by atoms with E-state index in [0.29, 0.717) is 6.54 Å². The molecule has 120 valence electrons. The summed E-state index contributed by atoms with van der Waals surface area (Å²) in [5.41, 5.74) is 3.77. The Labute approximate surface area is 146 Å². The molecule has 2 heterocycles. The summed E-state index contributed by atoms with van der Waals surface area (Å²) in [5.74, 6) is -0.138. The first-order valence-corrected chi connectivity index (χ1v) is 8.31. The van der Waals surface area contributed by atoms with Crippen molar-refractivity contribution in [2.75, 3.05) is 7.11 Å². The molecule has 0 saturated heterocycles. The highest BCUT2D eigenvalue weighted by Gasteiger charge is 2.15. The van der Waals surface area contributed by atoms with Gasteiger partial charge in [-0.1, -0.05) is 28.1 Å². The van der Waals surface area contributed by atoms with Gasteiger partial charge in [0.2, 0.25) is 0 Å². The van der Waals surface area contributed by atoms with Crippen LogP contribution in [-0.4, -0.2) is 16.7 Å². The first kappa shape index (κ1) is 15.1. The molecule has 0 aliphatic heterocycles. The van der Waals surface area contributed by atoms with Gasteiger partial charge in [-0.3, -0.25) is 4.98 Å². The van der Waals surface area contributed by atoms with Crippen molar-refractivity contribution in [2.45, 2.75) is 6.54 Å². The summed E-state index contributed by atoms with van der Waals surface area (Å²) in [6.07, 6.45) is 1.75. The molecule has 0 atom stereocenters. The molecule has 2 aromatic heterocycles. The second-order valence-corrected chi connectivity index (χ2v) is 6.50. The SMILES string of the molecule is COc1cc2c3ncccc3n(Cc3ccc(Br)cc3)c2cc1F. The lowest BCUT2D eigenvalue weighted by Gasteiger charge is -2.08. The van der Waals surface area contributed by atoms with Crippen LogP contribution >= 0.6 is 15.9 Å². The lowest BCUT2D eigenvalue weighted by molar-refractivity contribution is 0.387. The number of hydrogen-bond acceptors (Lipinski definition) is 2. The smallest absolute Gasteiger partial charge is 0.167 e. The zero-order chi connectivity index (χ0) is 16.7. The molecule has 3 nitrogen and oxygen atoms in total. The van der Waals surface area contributed by atoms with Crippen LogP contribution in [0.15, 0.2) is 59.2 Å². The fourth-order valence-corrected chi connectivity index (χ4v) is 3.27. The fourth-order valence-electron chi connectivity index (χ4n) is 3.01. The van der Waals surface area contributed by atoms with Crippen LogP contribution in [0.2, 0.25) is 0 Å². The van der Waals surface area contributed by atoms with E-state index in [4.69, 9.17) is 4.74 Å². The Balaban J connectivity index is 1.98. The molecule has 0 aliphatic rings. The highest BCUT2D eigenvalue weighted by molar-refractivity contribution is 9.10. The predicted molar refractivity (Wildman–Crippen MR) is 97.0 cm³/mol. The average molecular weight is 385 g/mol. The number of rotatable bonds is 3. The minimum atomic E-state index is -0.370. The predicted octanol–water partition coefficient (Wildman–Crippen LogP) is 5.15. The standard InChI is InChI=1S/C19H14BrFN2O/c1-24-18-9-14-17(10-15(18)21)23(16-3-2-8-22-19(14)16)11-12-4-6-13(20)7-5-12/h2-10H,11H2,1H3. The van der Waals surface area contributed by atoms with E-state index in [1.54, 1.807) is 12.3 Å². The van der Waals surface area contributed by atoms with Crippen LogP contribution in [0, 0.1) is 5.82 Å². The van der Waals surface area contributed by atoms with Gasteiger partial charge in [0, 0.05) is 28.7 Å². The van der Waals surface area contributed by atoms with Crippen LogP contribution in [0.5, 0.6) is 5.75 Å². The highest BCUT2D eigenvalue weighted by Crippen LogP contribution is 2.32. The normalized spacial score (nSPS) is 11.3. The molecule has 0 fully saturated rings. The van der Waals surface area contributed by atoms with Crippen molar-refractivity contribution in [1.82, 2.24) is 9.55 Å². The second-order valence-electron chi connectivity index (χ2n) is 5.59. The number of fused-ring (bicyclic) bond motifs is 3. The molecule has 4 aromatic rings. The van der Waals surface area contributed by atoms with E-state index < -0.39 is 0 Å². The molecule has 0 saturated carbocycles. The second kappa shape index (κ2) is 5.91. The van der Waals surface area contributed by atoms with Gasteiger partial charge in [-0.05, 0) is 35.9 Å². The zero-order valence-corrected chi connectivity index (χ0v) is 14.5. The van der Waals surface area contributed by atoms with Crippen molar-refractivity contribution in [3.63, 3.8) is 0 Å². The van der Waals surface area contributed by atoms with E-state index in [9.17, 15) is 4.39 Å². The number of hydrogen-bond donors (Lipinski definition) is 0. The van der Waals surface area contributed by atoms with Crippen molar-refractivity contribution < 1.29 is 9.13 Å². The maximum atomic E-state index is 14.3. The Bertz CT molecular complexity index is 1040. The maximum absolute atomic E-state index is 14.3. The van der Waals surface area contributed by atoms with Crippen molar-refractivity contribution in [1.29, 1.82) is 0 Å². The van der Waals surface area contributed by atoms with Crippen LogP contribution in [-0.2, 0) is 6.54 Å². The number of pyridine rings is 1. The Morgan fingerprint density at radius 3 is 2.67 bits per heavy atom. The number of aromatic nitrogens is 2. The summed E-state index contributed by atoms with van der Waals surface area (Å²) in [5, 5.41) is 0.890. The van der Waals surface area contributed by atoms with Crippen LogP contribution in [0.4, 0.5) is 4.39 Å². The van der Waals surface area contributed by atoms with Crippen molar-refractivity contribution in [3.05, 3.63) is 70.6 Å². The van der Waals surface area contributed by atoms with Gasteiger partial charge in [-0.15, -0.1) is 0 Å². The number of ether oxygens (including phenoxy) is 1. The molecule has 0 N–H and O–H groups in total. The van der Waals surface area contributed by atoms with Crippen LogP contribution in [0.25, 0.3) is 21.9 Å². The summed E-state index contributed by atoms with van der Waals surface area (Å²) in [7, 11) is 1.47. The van der Waals surface area contributed by atoms with E-state index in [2.05, 4.69) is 37.6 Å². The molecule has 0 bridgehead atoms. The summed E-state index contributed by atoms with van der Waals surface area (Å²) in [6, 6.07) is 15.3. The Morgan fingerprint density at radius 1 is 1.12 bits per heavy atom. The first-order valence-electron chi connectivity index (χ1n) is 7.52. The molecule has 24 heavy (non-hydrogen) atoms. The van der Waals surface area contributed by atoms with Gasteiger partial charge in [0.15, 0.2) is 11.6 Å². The summed E-state index contributed by atoms with van der Waals surface area (Å²) < 4.78 is 22.5. The van der Waals surface area contributed by atoms with Crippen LogP contribution in [0.1, 0.15) is 5.56 Å². The topological polar surface area (TPSA) is 27.1 Å². The highest BCUT2D eigenvalue weighted by atomic mass is 79.9. The molecular formula is C19H14BrFN2O. The Morgan fingerprint density at radius 2 is 1.92 bits per heavy atom. The minimum Gasteiger partial charge on any atom is -0.494 e. The Kier molecular flexibility index (Phi) is 3.73. The van der Waals surface area contributed by atoms with Gasteiger partial charge >= 0.3 is 0 Å². The number of methoxy groups -OCH3 is 1. The number of nitrogens with zero attached hydrogens (tertiary/aromatic N) is 2. The lowest BCUT2D eigenvalue weighted by atomic mass is 10.2. The summed E-state index contributed by atoms with van der Waals surface area (Å²) in [4.78, 5) is 4.48. The maximum Gasteiger partial charge on any atom is 0.167 e. The third kappa shape index (κ3) is 2.45. The van der Waals surface area contributed by atoms with Gasteiger partial charge in [-0.2, -0.15) is 0 Å². The van der Waals surface area contributed by atoms with Gasteiger partial charge in [-0.25, -0.2) is 4.39 Å². The van der Waals surface area contributed by atoms with Gasteiger partial charge in [0.05, 0.1) is 23.7 Å². The fraction of sp³-hybridized carbons (Fsp3) is 0.105. The third-order valence-corrected chi connectivity index (χ3v) is 4.68. The molecule has 2 aromatic carbocycles. The van der Waals surface area contributed by atoms with E-state index in [1.165, 1.54) is 13.2 Å². The molecule has 0 spiro atoms. The van der Waals surface area contributed by atoms with Crippen LogP contribution in [0.3, 0.4) is 0 Å². The van der Waals surface area contributed by atoms with Gasteiger partial charge < -0.3 is 9.30 Å². The van der Waals surface area contributed by atoms with E-state index in [0.717, 1.165) is 32.0 Å². The average Bonchev–Trinajstić information content (AvgIpc) is 2.89. The third-order valence-electron chi connectivity index (χ3n) is 4.15. The molecule has 4 rings (SSSR count). The minimum absolute atomic E-state index is 0.232. The zero-order valence-electron chi connectivity index (χ0n) is 13.0. The summed E-state index contributed by atoms with van der Waals surface area (Å²) >= 11 is 3.45. The van der Waals surface area contributed by atoms with Gasteiger partial charge in [0.1, 0.15) is 0 Å². The van der Waals surface area contributed by atoms with E-state index in [-0.39, 0.29) is 11.6 Å². The molecule has 0 amide bonds. The Hall–Kier alpha value is -2.40. The lowest BCUT2D eigenvalue weighted by Crippen LogP contribution is -2.00. The van der Waals surface area contributed by atoms with E-state index >= 15 is 0 Å². The van der Waals surface area contributed by atoms with Crippen molar-refractivity contribution in [3.8, 4) is 5.75 Å². The number of benzene rings is 2. The molecule has 0 aliphatic carbocycles. The molecule has 0 unspecified atom stereocenters. The molecule has 5 heteroatoms. The van der Waals surface area contributed by atoms with Crippen LogP contribution < -0.4 is 4.74 Å². The monoisotopic (exact) mass is 384 g/mol. The van der Waals surface area contributed by atoms with Gasteiger partial charge in [0.25, 0.3) is 0 Å². The number of halogens is 2. The quantitative estimate of drug-likeness (QED) is 0.488.